The van der Waals surface area contributed by atoms with E-state index in [1.54, 1.807) is 6.07 Å². The monoisotopic (exact) mass is 367 g/mol. The van der Waals surface area contributed by atoms with Gasteiger partial charge in [-0.1, -0.05) is 62.4 Å². The Kier molecular flexibility index (Phi) is 5.68. The first-order valence-electron chi connectivity index (χ1n) is 8.54. The molecule has 1 N–H and O–H groups in total. The number of nitrogens with one attached hydrogen (secondary N) is 1. The molecule has 0 bridgehead atoms. The van der Waals surface area contributed by atoms with Crippen molar-refractivity contribution in [1.82, 2.24) is 5.32 Å². The summed E-state index contributed by atoms with van der Waals surface area (Å²) in [5.41, 5.74) is 0.948. The van der Waals surface area contributed by atoms with Crippen molar-refractivity contribution in [2.45, 2.75) is 26.5 Å². The van der Waals surface area contributed by atoms with Crippen LogP contribution in [0.4, 0.5) is 0 Å². The SMILES string of the molecule is CC(C)[C@H](NC(=O)c1cccs1)C(=O)OCc1cccc2ccccc12. The zero-order valence-corrected chi connectivity index (χ0v) is 15.6. The van der Waals surface area contributed by atoms with Crippen LogP contribution < -0.4 is 5.32 Å². The standard InChI is InChI=1S/C21H21NO3S/c1-14(2)19(22-20(23)18-11-6-12-26-18)21(24)25-13-16-9-5-8-15-7-3-4-10-17(15)16/h3-12,14,19H,13H2,1-2H3,(H,22,23)/t19-/m0/s1. The van der Waals surface area contributed by atoms with Crippen LogP contribution in [-0.2, 0) is 16.1 Å². The van der Waals surface area contributed by atoms with E-state index in [9.17, 15) is 9.59 Å². The number of ether oxygens (including phenoxy) is 1. The molecule has 0 radical (unpaired) electrons. The van der Waals surface area contributed by atoms with Gasteiger partial charge in [0.1, 0.15) is 12.6 Å². The van der Waals surface area contributed by atoms with Crippen molar-refractivity contribution in [3.8, 4) is 0 Å². The second-order valence-corrected chi connectivity index (χ2v) is 7.37. The number of hydrogen-bond donors (Lipinski definition) is 1. The lowest BCUT2D eigenvalue weighted by atomic mass is 10.0. The minimum absolute atomic E-state index is 0.0704. The van der Waals surface area contributed by atoms with Gasteiger partial charge in [-0.15, -0.1) is 11.3 Å². The minimum atomic E-state index is -0.681. The number of carbonyl (C=O) groups excluding carboxylic acids is 2. The average molecular weight is 367 g/mol. The quantitative estimate of drug-likeness (QED) is 0.657. The van der Waals surface area contributed by atoms with Crippen LogP contribution in [0, 0.1) is 5.92 Å². The molecule has 1 amide bonds. The Balaban J connectivity index is 1.69. The molecule has 1 heterocycles. The smallest absolute Gasteiger partial charge is 0.329 e. The van der Waals surface area contributed by atoms with E-state index in [0.717, 1.165) is 16.3 Å². The van der Waals surface area contributed by atoms with Gasteiger partial charge >= 0.3 is 5.97 Å². The highest BCUT2D eigenvalue weighted by Gasteiger charge is 2.26. The molecule has 5 heteroatoms. The van der Waals surface area contributed by atoms with Crippen molar-refractivity contribution in [2.24, 2.45) is 5.92 Å². The maximum absolute atomic E-state index is 12.6. The molecule has 3 rings (SSSR count). The normalized spacial score (nSPS) is 12.1. The van der Waals surface area contributed by atoms with E-state index in [-0.39, 0.29) is 18.4 Å². The molecule has 0 fully saturated rings. The van der Waals surface area contributed by atoms with Crippen LogP contribution in [0.15, 0.2) is 60.0 Å². The van der Waals surface area contributed by atoms with E-state index in [1.807, 2.05) is 67.8 Å². The molecule has 26 heavy (non-hydrogen) atoms. The minimum Gasteiger partial charge on any atom is -0.459 e. The largest absolute Gasteiger partial charge is 0.459 e. The van der Waals surface area contributed by atoms with Crippen LogP contribution in [0.2, 0.25) is 0 Å². The maximum Gasteiger partial charge on any atom is 0.329 e. The molecule has 0 spiro atoms. The molecule has 2 aromatic carbocycles. The fourth-order valence-corrected chi connectivity index (χ4v) is 3.40. The fraction of sp³-hybridized carbons (Fsp3) is 0.238. The van der Waals surface area contributed by atoms with Crippen LogP contribution in [0.25, 0.3) is 10.8 Å². The third-order valence-electron chi connectivity index (χ3n) is 4.20. The van der Waals surface area contributed by atoms with Gasteiger partial charge in [-0.2, -0.15) is 0 Å². The summed E-state index contributed by atoms with van der Waals surface area (Å²) in [7, 11) is 0. The van der Waals surface area contributed by atoms with Crippen molar-refractivity contribution < 1.29 is 14.3 Å². The van der Waals surface area contributed by atoms with Crippen LogP contribution in [-0.4, -0.2) is 17.9 Å². The van der Waals surface area contributed by atoms with Crippen LogP contribution in [0.3, 0.4) is 0 Å². The Hall–Kier alpha value is -2.66. The molecule has 134 valence electrons. The van der Waals surface area contributed by atoms with Crippen molar-refractivity contribution in [3.63, 3.8) is 0 Å². The number of benzene rings is 2. The summed E-state index contributed by atoms with van der Waals surface area (Å²) in [4.78, 5) is 25.4. The Labute approximate surface area is 156 Å². The van der Waals surface area contributed by atoms with Gasteiger partial charge in [0.05, 0.1) is 4.88 Å². The summed E-state index contributed by atoms with van der Waals surface area (Å²) in [5.74, 6) is -0.738. The van der Waals surface area contributed by atoms with E-state index >= 15 is 0 Å². The Bertz CT molecular complexity index is 897. The molecule has 1 atom stereocenters. The number of carbonyl (C=O) groups is 2. The molecule has 3 aromatic rings. The summed E-state index contributed by atoms with van der Waals surface area (Å²) in [6, 6.07) is 16.8. The number of esters is 1. The fourth-order valence-electron chi connectivity index (χ4n) is 2.77. The van der Waals surface area contributed by atoms with E-state index in [0.29, 0.717) is 4.88 Å². The topological polar surface area (TPSA) is 55.4 Å². The third kappa shape index (κ3) is 4.11. The summed E-state index contributed by atoms with van der Waals surface area (Å²) in [6.45, 7) is 3.95. The first-order chi connectivity index (χ1) is 12.6. The first-order valence-corrected chi connectivity index (χ1v) is 9.42. The Morgan fingerprint density at radius 2 is 1.81 bits per heavy atom. The summed E-state index contributed by atoms with van der Waals surface area (Å²) >= 11 is 1.34. The molecular weight excluding hydrogens is 346 g/mol. The van der Waals surface area contributed by atoms with E-state index in [1.165, 1.54) is 11.3 Å². The molecule has 1 aromatic heterocycles. The van der Waals surface area contributed by atoms with Gasteiger partial charge < -0.3 is 10.1 Å². The lowest BCUT2D eigenvalue weighted by molar-refractivity contribution is -0.148. The number of fused-ring (bicyclic) bond motifs is 1. The van der Waals surface area contributed by atoms with Crippen LogP contribution >= 0.6 is 11.3 Å². The number of rotatable bonds is 6. The number of thiophene rings is 1. The van der Waals surface area contributed by atoms with Gasteiger partial charge in [0, 0.05) is 0 Å². The Morgan fingerprint density at radius 1 is 1.04 bits per heavy atom. The molecule has 0 aliphatic rings. The number of amides is 1. The van der Waals surface area contributed by atoms with Gasteiger partial charge in [0.15, 0.2) is 0 Å². The summed E-state index contributed by atoms with van der Waals surface area (Å²) in [6.07, 6.45) is 0. The maximum atomic E-state index is 12.6. The Morgan fingerprint density at radius 3 is 2.54 bits per heavy atom. The molecule has 0 saturated heterocycles. The predicted molar refractivity (Wildman–Crippen MR) is 104 cm³/mol. The van der Waals surface area contributed by atoms with Crippen molar-refractivity contribution in [1.29, 1.82) is 0 Å². The zero-order chi connectivity index (χ0) is 18.5. The first kappa shape index (κ1) is 18.1. The van der Waals surface area contributed by atoms with E-state index < -0.39 is 12.0 Å². The van der Waals surface area contributed by atoms with Gasteiger partial charge in [-0.05, 0) is 33.7 Å². The van der Waals surface area contributed by atoms with Crippen LogP contribution in [0.5, 0.6) is 0 Å². The van der Waals surface area contributed by atoms with Gasteiger partial charge in [-0.25, -0.2) is 4.79 Å². The summed E-state index contributed by atoms with van der Waals surface area (Å²) in [5, 5.41) is 6.79. The van der Waals surface area contributed by atoms with Gasteiger partial charge in [0.2, 0.25) is 0 Å². The lowest BCUT2D eigenvalue weighted by Gasteiger charge is -2.20. The second kappa shape index (κ2) is 8.15. The molecule has 4 nitrogen and oxygen atoms in total. The van der Waals surface area contributed by atoms with E-state index in [2.05, 4.69) is 5.32 Å². The molecule has 0 aliphatic heterocycles. The highest BCUT2D eigenvalue weighted by molar-refractivity contribution is 7.12. The van der Waals surface area contributed by atoms with Crippen molar-refractivity contribution in [3.05, 3.63) is 70.4 Å². The van der Waals surface area contributed by atoms with Crippen LogP contribution in [0.1, 0.15) is 29.1 Å². The highest BCUT2D eigenvalue weighted by atomic mass is 32.1. The third-order valence-corrected chi connectivity index (χ3v) is 5.07. The second-order valence-electron chi connectivity index (χ2n) is 6.42. The number of hydrogen-bond acceptors (Lipinski definition) is 4. The molecular formula is C21H21NO3S. The molecule has 0 saturated carbocycles. The van der Waals surface area contributed by atoms with E-state index in [4.69, 9.17) is 4.74 Å². The summed E-state index contributed by atoms with van der Waals surface area (Å²) < 4.78 is 5.53. The lowest BCUT2D eigenvalue weighted by Crippen LogP contribution is -2.45. The van der Waals surface area contributed by atoms with Gasteiger partial charge in [-0.3, -0.25) is 4.79 Å². The highest BCUT2D eigenvalue weighted by Crippen LogP contribution is 2.20. The van der Waals surface area contributed by atoms with Gasteiger partial charge in [0.25, 0.3) is 5.91 Å². The average Bonchev–Trinajstić information content (AvgIpc) is 3.18. The zero-order valence-electron chi connectivity index (χ0n) is 14.8. The van der Waals surface area contributed by atoms with Crippen molar-refractivity contribution in [2.75, 3.05) is 0 Å². The molecule has 0 unspecified atom stereocenters. The van der Waals surface area contributed by atoms with Crippen molar-refractivity contribution >= 4 is 34.0 Å². The predicted octanol–water partition coefficient (Wildman–Crippen LogP) is 4.40. The molecule has 0 aliphatic carbocycles.